The summed E-state index contributed by atoms with van der Waals surface area (Å²) < 4.78 is 5.76. The van der Waals surface area contributed by atoms with Crippen LogP contribution in [0.4, 0.5) is 0 Å². The van der Waals surface area contributed by atoms with Crippen molar-refractivity contribution in [2.45, 2.75) is 64.5 Å². The van der Waals surface area contributed by atoms with Gasteiger partial charge in [0.1, 0.15) is 0 Å². The topological polar surface area (TPSA) is 24.5 Å². The largest absolute Gasteiger partial charge is 0.375 e. The van der Waals surface area contributed by atoms with Crippen molar-refractivity contribution in [3.05, 3.63) is 0 Å². The molecular formula is C16H32N2O. The number of hydrogen-bond donors (Lipinski definition) is 1. The van der Waals surface area contributed by atoms with Crippen LogP contribution < -0.4 is 5.32 Å². The Labute approximate surface area is 119 Å². The first-order valence-corrected chi connectivity index (χ1v) is 8.15. The van der Waals surface area contributed by atoms with Gasteiger partial charge in [-0.15, -0.1) is 0 Å². The van der Waals surface area contributed by atoms with Crippen molar-refractivity contribution in [1.29, 1.82) is 0 Å². The second kappa shape index (κ2) is 7.05. The molecule has 0 radical (unpaired) electrons. The zero-order chi connectivity index (χ0) is 13.7. The molecular weight excluding hydrogens is 236 g/mol. The summed E-state index contributed by atoms with van der Waals surface area (Å²) in [6, 6.07) is 0.658. The van der Waals surface area contributed by atoms with Gasteiger partial charge in [0.25, 0.3) is 0 Å². The standard InChI is InChI=1S/C16H32N2O/c1-14-5-10-18(11-6-14)9-4-8-17-15-7-12-19-16(2,3)13-15/h14-15,17H,4-13H2,1-3H3. The second-order valence-electron chi connectivity index (χ2n) is 7.13. The van der Waals surface area contributed by atoms with Crippen molar-refractivity contribution in [2.24, 2.45) is 5.92 Å². The molecule has 19 heavy (non-hydrogen) atoms. The van der Waals surface area contributed by atoms with Crippen LogP contribution in [0.15, 0.2) is 0 Å². The van der Waals surface area contributed by atoms with E-state index in [-0.39, 0.29) is 5.60 Å². The molecule has 0 spiro atoms. The van der Waals surface area contributed by atoms with Gasteiger partial charge in [-0.25, -0.2) is 0 Å². The van der Waals surface area contributed by atoms with Gasteiger partial charge in [-0.05, 0) is 78.0 Å². The van der Waals surface area contributed by atoms with Crippen molar-refractivity contribution in [3.63, 3.8) is 0 Å². The van der Waals surface area contributed by atoms with Gasteiger partial charge in [-0.3, -0.25) is 0 Å². The maximum atomic E-state index is 5.76. The van der Waals surface area contributed by atoms with Crippen LogP contribution in [0.25, 0.3) is 0 Å². The molecule has 0 aromatic carbocycles. The summed E-state index contributed by atoms with van der Waals surface area (Å²) in [5, 5.41) is 3.72. The van der Waals surface area contributed by atoms with E-state index in [1.54, 1.807) is 0 Å². The number of nitrogens with one attached hydrogen (secondary N) is 1. The summed E-state index contributed by atoms with van der Waals surface area (Å²) in [4.78, 5) is 2.63. The molecule has 2 aliphatic heterocycles. The Morgan fingerprint density at radius 2 is 1.95 bits per heavy atom. The van der Waals surface area contributed by atoms with Crippen molar-refractivity contribution in [2.75, 3.05) is 32.8 Å². The minimum Gasteiger partial charge on any atom is -0.375 e. The van der Waals surface area contributed by atoms with Crippen LogP contribution in [0.1, 0.15) is 52.9 Å². The summed E-state index contributed by atoms with van der Waals surface area (Å²) in [5.74, 6) is 0.943. The Bertz CT molecular complexity index is 259. The van der Waals surface area contributed by atoms with E-state index >= 15 is 0 Å². The Kier molecular flexibility index (Phi) is 5.67. The third-order valence-electron chi connectivity index (χ3n) is 4.66. The molecule has 3 heteroatoms. The number of likely N-dealkylation sites (tertiary alicyclic amines) is 1. The number of piperidine rings is 1. The fourth-order valence-electron chi connectivity index (χ4n) is 3.30. The number of rotatable bonds is 5. The lowest BCUT2D eigenvalue weighted by atomic mass is 9.94. The highest BCUT2D eigenvalue weighted by atomic mass is 16.5. The summed E-state index contributed by atoms with van der Waals surface area (Å²) in [5.41, 5.74) is 0.0684. The van der Waals surface area contributed by atoms with Gasteiger partial charge >= 0.3 is 0 Å². The molecule has 112 valence electrons. The number of hydrogen-bond acceptors (Lipinski definition) is 3. The Morgan fingerprint density at radius 1 is 1.21 bits per heavy atom. The van der Waals surface area contributed by atoms with Gasteiger partial charge in [0.05, 0.1) is 5.60 Å². The van der Waals surface area contributed by atoms with Crippen molar-refractivity contribution in [3.8, 4) is 0 Å². The summed E-state index contributed by atoms with van der Waals surface area (Å²) in [7, 11) is 0. The molecule has 0 bridgehead atoms. The predicted molar refractivity (Wildman–Crippen MR) is 80.5 cm³/mol. The van der Waals surface area contributed by atoms with E-state index in [9.17, 15) is 0 Å². The van der Waals surface area contributed by atoms with Crippen LogP contribution in [0.2, 0.25) is 0 Å². The third kappa shape index (κ3) is 5.41. The quantitative estimate of drug-likeness (QED) is 0.776. The van der Waals surface area contributed by atoms with Crippen LogP contribution in [0.5, 0.6) is 0 Å². The molecule has 1 atom stereocenters. The maximum Gasteiger partial charge on any atom is 0.0641 e. The first-order chi connectivity index (χ1) is 9.05. The maximum absolute atomic E-state index is 5.76. The first-order valence-electron chi connectivity index (χ1n) is 8.15. The molecule has 2 heterocycles. The van der Waals surface area contributed by atoms with Crippen molar-refractivity contribution in [1.82, 2.24) is 10.2 Å². The van der Waals surface area contributed by atoms with Crippen molar-refractivity contribution < 1.29 is 4.74 Å². The van der Waals surface area contributed by atoms with Crippen LogP contribution in [0, 0.1) is 5.92 Å². The number of ether oxygens (including phenoxy) is 1. The lowest BCUT2D eigenvalue weighted by molar-refractivity contribution is -0.0628. The predicted octanol–water partition coefficient (Wildman–Crippen LogP) is 2.66. The van der Waals surface area contributed by atoms with Gasteiger partial charge < -0.3 is 15.0 Å². The molecule has 2 fully saturated rings. The van der Waals surface area contributed by atoms with Crippen molar-refractivity contribution >= 4 is 0 Å². The lowest BCUT2D eigenvalue weighted by Crippen LogP contribution is -2.44. The zero-order valence-corrected chi connectivity index (χ0v) is 13.1. The number of nitrogens with zero attached hydrogens (tertiary/aromatic N) is 1. The average Bonchev–Trinajstić information content (AvgIpc) is 2.36. The van der Waals surface area contributed by atoms with E-state index in [0.29, 0.717) is 6.04 Å². The van der Waals surface area contributed by atoms with Crippen LogP contribution in [-0.2, 0) is 4.74 Å². The van der Waals surface area contributed by atoms with E-state index in [4.69, 9.17) is 4.74 Å². The van der Waals surface area contributed by atoms with Crippen LogP contribution in [-0.4, -0.2) is 49.3 Å². The van der Waals surface area contributed by atoms with E-state index in [1.165, 1.54) is 45.3 Å². The zero-order valence-electron chi connectivity index (χ0n) is 13.1. The fraction of sp³-hybridized carbons (Fsp3) is 1.00. The minimum atomic E-state index is 0.0684. The van der Waals surface area contributed by atoms with E-state index in [1.807, 2.05) is 0 Å². The molecule has 0 aliphatic carbocycles. The highest BCUT2D eigenvalue weighted by Gasteiger charge is 2.28. The Hall–Kier alpha value is -0.120. The second-order valence-corrected chi connectivity index (χ2v) is 7.13. The monoisotopic (exact) mass is 268 g/mol. The molecule has 1 unspecified atom stereocenters. The molecule has 2 aliphatic rings. The molecule has 2 rings (SSSR count). The van der Waals surface area contributed by atoms with E-state index in [0.717, 1.165) is 25.5 Å². The minimum absolute atomic E-state index is 0.0684. The van der Waals surface area contributed by atoms with E-state index < -0.39 is 0 Å². The third-order valence-corrected chi connectivity index (χ3v) is 4.66. The molecule has 0 aromatic heterocycles. The Morgan fingerprint density at radius 3 is 2.63 bits per heavy atom. The van der Waals surface area contributed by atoms with Gasteiger partial charge in [-0.1, -0.05) is 6.92 Å². The summed E-state index contributed by atoms with van der Waals surface area (Å²) >= 11 is 0. The SMILES string of the molecule is CC1CCN(CCCNC2CCOC(C)(C)C2)CC1. The van der Waals surface area contributed by atoms with E-state index in [2.05, 4.69) is 31.0 Å². The molecule has 0 saturated carbocycles. The van der Waals surface area contributed by atoms with Crippen LogP contribution >= 0.6 is 0 Å². The molecule has 0 aromatic rings. The molecule has 1 N–H and O–H groups in total. The highest BCUT2D eigenvalue weighted by molar-refractivity contribution is 4.83. The average molecular weight is 268 g/mol. The molecule has 0 amide bonds. The fourth-order valence-corrected chi connectivity index (χ4v) is 3.30. The lowest BCUT2D eigenvalue weighted by Gasteiger charge is -2.36. The van der Waals surface area contributed by atoms with Gasteiger partial charge in [0.2, 0.25) is 0 Å². The summed E-state index contributed by atoms with van der Waals surface area (Å²) in [6.45, 7) is 12.8. The molecule has 2 saturated heterocycles. The smallest absolute Gasteiger partial charge is 0.0641 e. The molecule has 3 nitrogen and oxygen atoms in total. The van der Waals surface area contributed by atoms with Crippen LogP contribution in [0.3, 0.4) is 0 Å². The van der Waals surface area contributed by atoms with Gasteiger partial charge in [0, 0.05) is 12.6 Å². The normalized spacial score (nSPS) is 29.5. The first kappa shape index (κ1) is 15.3. The van der Waals surface area contributed by atoms with Gasteiger partial charge in [-0.2, -0.15) is 0 Å². The Balaban J connectivity index is 1.54. The highest BCUT2D eigenvalue weighted by Crippen LogP contribution is 2.23. The van der Waals surface area contributed by atoms with Gasteiger partial charge in [0.15, 0.2) is 0 Å². The summed E-state index contributed by atoms with van der Waals surface area (Å²) in [6.07, 6.45) is 6.38.